The zero-order chi connectivity index (χ0) is 9.71. The Morgan fingerprint density at radius 3 is 2.64 bits per heavy atom. The standard InChI is InChI=1S/C10H12N4/c1-5-7-3-4-8-9(6(2)12-13-8)10(7)14-11-5/h3-4H2,1-2H3,(H,11,14)(H,12,13). The van der Waals surface area contributed by atoms with Crippen molar-refractivity contribution in [3.8, 4) is 11.3 Å². The molecule has 3 rings (SSSR count). The van der Waals surface area contributed by atoms with E-state index in [2.05, 4.69) is 27.3 Å². The summed E-state index contributed by atoms with van der Waals surface area (Å²) in [5, 5.41) is 14.7. The monoisotopic (exact) mass is 188 g/mol. The zero-order valence-electron chi connectivity index (χ0n) is 8.31. The number of fused-ring (bicyclic) bond motifs is 3. The van der Waals surface area contributed by atoms with Crippen LogP contribution in [-0.2, 0) is 12.8 Å². The number of aromatic amines is 2. The Kier molecular flexibility index (Phi) is 1.37. The topological polar surface area (TPSA) is 57.4 Å². The first-order valence-electron chi connectivity index (χ1n) is 4.85. The molecule has 1 aliphatic rings. The maximum atomic E-state index is 4.25. The van der Waals surface area contributed by atoms with Gasteiger partial charge in [-0.15, -0.1) is 0 Å². The van der Waals surface area contributed by atoms with Crippen LogP contribution in [0, 0.1) is 13.8 Å². The molecule has 0 spiro atoms. The Bertz CT molecular complexity index is 492. The van der Waals surface area contributed by atoms with Crippen molar-refractivity contribution in [2.45, 2.75) is 26.7 Å². The molecule has 0 fully saturated rings. The highest BCUT2D eigenvalue weighted by atomic mass is 15.2. The molecule has 0 aliphatic heterocycles. The number of nitrogens with zero attached hydrogens (tertiary/aromatic N) is 2. The van der Waals surface area contributed by atoms with Crippen LogP contribution >= 0.6 is 0 Å². The molecule has 2 N–H and O–H groups in total. The molecule has 0 saturated carbocycles. The number of aryl methyl sites for hydroxylation is 3. The lowest BCUT2D eigenvalue weighted by atomic mass is 9.93. The van der Waals surface area contributed by atoms with Crippen LogP contribution < -0.4 is 0 Å². The molecule has 0 saturated heterocycles. The van der Waals surface area contributed by atoms with E-state index < -0.39 is 0 Å². The Hall–Kier alpha value is -1.58. The number of hydrogen-bond donors (Lipinski definition) is 2. The number of aromatic nitrogens is 4. The summed E-state index contributed by atoms with van der Waals surface area (Å²) in [5.74, 6) is 0. The van der Waals surface area contributed by atoms with Gasteiger partial charge in [-0.1, -0.05) is 0 Å². The average molecular weight is 188 g/mol. The van der Waals surface area contributed by atoms with Gasteiger partial charge in [-0.3, -0.25) is 10.2 Å². The van der Waals surface area contributed by atoms with Gasteiger partial charge >= 0.3 is 0 Å². The third-order valence-electron chi connectivity index (χ3n) is 2.97. The molecular weight excluding hydrogens is 176 g/mol. The summed E-state index contributed by atoms with van der Waals surface area (Å²) in [6.07, 6.45) is 2.11. The smallest absolute Gasteiger partial charge is 0.0722 e. The van der Waals surface area contributed by atoms with Crippen LogP contribution in [0.4, 0.5) is 0 Å². The van der Waals surface area contributed by atoms with E-state index in [-0.39, 0.29) is 0 Å². The second-order valence-corrected chi connectivity index (χ2v) is 3.83. The quantitative estimate of drug-likeness (QED) is 0.658. The first-order chi connectivity index (χ1) is 6.77. The number of rotatable bonds is 0. The fourth-order valence-electron chi connectivity index (χ4n) is 2.21. The largest absolute Gasteiger partial charge is 0.282 e. The molecule has 0 atom stereocenters. The van der Waals surface area contributed by atoms with Crippen LogP contribution in [-0.4, -0.2) is 20.4 Å². The van der Waals surface area contributed by atoms with Crippen molar-refractivity contribution >= 4 is 0 Å². The molecule has 2 aromatic rings. The second kappa shape index (κ2) is 2.47. The number of hydrogen-bond acceptors (Lipinski definition) is 2. The molecule has 0 bridgehead atoms. The van der Waals surface area contributed by atoms with Crippen LogP contribution in [0.2, 0.25) is 0 Å². The molecule has 14 heavy (non-hydrogen) atoms. The maximum Gasteiger partial charge on any atom is 0.0722 e. The first kappa shape index (κ1) is 7.79. The van der Waals surface area contributed by atoms with Gasteiger partial charge in [0, 0.05) is 16.8 Å². The van der Waals surface area contributed by atoms with Gasteiger partial charge in [-0.25, -0.2) is 0 Å². The summed E-state index contributed by atoms with van der Waals surface area (Å²) < 4.78 is 0. The lowest BCUT2D eigenvalue weighted by molar-refractivity contribution is 0.875. The van der Waals surface area contributed by atoms with E-state index >= 15 is 0 Å². The molecule has 2 heterocycles. The van der Waals surface area contributed by atoms with Crippen molar-refractivity contribution in [3.05, 3.63) is 22.6 Å². The van der Waals surface area contributed by atoms with Crippen LogP contribution in [0.15, 0.2) is 0 Å². The summed E-state index contributed by atoms with van der Waals surface area (Å²) in [5.41, 5.74) is 7.15. The molecule has 2 aromatic heterocycles. The number of H-pyrrole nitrogens is 2. The third-order valence-corrected chi connectivity index (χ3v) is 2.97. The minimum atomic E-state index is 1.05. The zero-order valence-corrected chi connectivity index (χ0v) is 8.31. The first-order valence-corrected chi connectivity index (χ1v) is 4.85. The molecule has 0 unspecified atom stereocenters. The Labute approximate surface area is 81.7 Å². The van der Waals surface area contributed by atoms with Gasteiger partial charge < -0.3 is 0 Å². The van der Waals surface area contributed by atoms with E-state index in [0.29, 0.717) is 0 Å². The predicted molar refractivity (Wildman–Crippen MR) is 53.1 cm³/mol. The lowest BCUT2D eigenvalue weighted by Crippen LogP contribution is -2.02. The molecular formula is C10H12N4. The highest BCUT2D eigenvalue weighted by Gasteiger charge is 2.23. The van der Waals surface area contributed by atoms with Gasteiger partial charge in [0.1, 0.15) is 0 Å². The highest BCUT2D eigenvalue weighted by molar-refractivity contribution is 5.70. The summed E-state index contributed by atoms with van der Waals surface area (Å²) in [7, 11) is 0. The van der Waals surface area contributed by atoms with Crippen molar-refractivity contribution in [1.29, 1.82) is 0 Å². The van der Waals surface area contributed by atoms with E-state index in [1.807, 2.05) is 6.92 Å². The molecule has 0 radical (unpaired) electrons. The molecule has 4 nitrogen and oxygen atoms in total. The molecule has 4 heteroatoms. The van der Waals surface area contributed by atoms with E-state index in [9.17, 15) is 0 Å². The van der Waals surface area contributed by atoms with Gasteiger partial charge in [0.25, 0.3) is 0 Å². The number of nitrogens with one attached hydrogen (secondary N) is 2. The van der Waals surface area contributed by atoms with Crippen molar-refractivity contribution in [1.82, 2.24) is 20.4 Å². The minimum absolute atomic E-state index is 1.05. The Morgan fingerprint density at radius 1 is 1.00 bits per heavy atom. The van der Waals surface area contributed by atoms with Crippen LogP contribution in [0.3, 0.4) is 0 Å². The Balaban J connectivity index is 2.32. The van der Waals surface area contributed by atoms with Crippen molar-refractivity contribution in [2.75, 3.05) is 0 Å². The lowest BCUT2D eigenvalue weighted by Gasteiger charge is -2.11. The summed E-state index contributed by atoms with van der Waals surface area (Å²) in [4.78, 5) is 0. The van der Waals surface area contributed by atoms with Crippen molar-refractivity contribution in [2.24, 2.45) is 0 Å². The summed E-state index contributed by atoms with van der Waals surface area (Å²) in [6, 6.07) is 0. The van der Waals surface area contributed by atoms with E-state index in [0.717, 1.165) is 29.9 Å². The SMILES string of the molecule is Cc1n[nH]c2c1CCc1[nH]nc(C)c1-2. The van der Waals surface area contributed by atoms with Gasteiger partial charge in [0.2, 0.25) is 0 Å². The van der Waals surface area contributed by atoms with Crippen LogP contribution in [0.25, 0.3) is 11.3 Å². The molecule has 72 valence electrons. The highest BCUT2D eigenvalue weighted by Crippen LogP contribution is 2.33. The molecule has 0 amide bonds. The summed E-state index contributed by atoms with van der Waals surface area (Å²) in [6.45, 7) is 4.08. The maximum absolute atomic E-state index is 4.25. The van der Waals surface area contributed by atoms with E-state index in [1.54, 1.807) is 0 Å². The van der Waals surface area contributed by atoms with Crippen molar-refractivity contribution < 1.29 is 0 Å². The fraction of sp³-hybridized carbons (Fsp3) is 0.400. The van der Waals surface area contributed by atoms with E-state index in [4.69, 9.17) is 0 Å². The third kappa shape index (κ3) is 0.828. The summed E-state index contributed by atoms with van der Waals surface area (Å²) >= 11 is 0. The fourth-order valence-corrected chi connectivity index (χ4v) is 2.21. The predicted octanol–water partition coefficient (Wildman–Crippen LogP) is 1.52. The van der Waals surface area contributed by atoms with Gasteiger partial charge in [0.05, 0.1) is 17.1 Å². The van der Waals surface area contributed by atoms with Gasteiger partial charge in [0.15, 0.2) is 0 Å². The van der Waals surface area contributed by atoms with Gasteiger partial charge in [-0.05, 0) is 26.7 Å². The Morgan fingerprint density at radius 2 is 1.79 bits per heavy atom. The minimum Gasteiger partial charge on any atom is -0.282 e. The van der Waals surface area contributed by atoms with Crippen molar-refractivity contribution in [3.63, 3.8) is 0 Å². The average Bonchev–Trinajstić information content (AvgIpc) is 2.72. The van der Waals surface area contributed by atoms with Crippen LogP contribution in [0.5, 0.6) is 0 Å². The van der Waals surface area contributed by atoms with Gasteiger partial charge in [-0.2, -0.15) is 10.2 Å². The normalized spacial score (nSPS) is 13.9. The van der Waals surface area contributed by atoms with Crippen LogP contribution in [0.1, 0.15) is 22.6 Å². The molecule has 0 aromatic carbocycles. The second-order valence-electron chi connectivity index (χ2n) is 3.83. The molecule has 1 aliphatic carbocycles. The van der Waals surface area contributed by atoms with E-state index in [1.165, 1.54) is 16.8 Å².